The van der Waals surface area contributed by atoms with Gasteiger partial charge in [0, 0.05) is 56.9 Å². The Labute approximate surface area is 191 Å². The van der Waals surface area contributed by atoms with Gasteiger partial charge in [0.05, 0.1) is 5.56 Å². The van der Waals surface area contributed by atoms with Crippen LogP contribution < -0.4 is 4.90 Å². The van der Waals surface area contributed by atoms with Crippen LogP contribution in [0.15, 0.2) is 54.6 Å². The van der Waals surface area contributed by atoms with E-state index in [2.05, 4.69) is 29.2 Å². The van der Waals surface area contributed by atoms with E-state index in [1.54, 1.807) is 4.90 Å². The second-order valence-corrected chi connectivity index (χ2v) is 9.56. The number of piperazine rings is 1. The first-order valence-electron chi connectivity index (χ1n) is 11.4. The van der Waals surface area contributed by atoms with Gasteiger partial charge >= 0.3 is 12.3 Å². The van der Waals surface area contributed by atoms with Crippen molar-refractivity contribution in [3.63, 3.8) is 0 Å². The Morgan fingerprint density at radius 1 is 0.939 bits per heavy atom. The highest BCUT2D eigenvalue weighted by Crippen LogP contribution is 2.50. The number of benzene rings is 2. The smallest absolute Gasteiger partial charge is 0.416 e. The molecule has 3 aliphatic rings. The van der Waals surface area contributed by atoms with Crippen LogP contribution in [0.25, 0.3) is 0 Å². The Morgan fingerprint density at radius 3 is 2.18 bits per heavy atom. The lowest BCUT2D eigenvalue weighted by Gasteiger charge is -2.58. The molecule has 1 amide bonds. The maximum atomic E-state index is 12.7. The van der Waals surface area contributed by atoms with Gasteiger partial charge in [-0.2, -0.15) is 13.2 Å². The molecule has 2 aliphatic heterocycles. The molecule has 0 N–H and O–H groups in total. The van der Waals surface area contributed by atoms with Gasteiger partial charge in [0.1, 0.15) is 6.10 Å². The molecule has 0 unspecified atom stereocenters. The summed E-state index contributed by atoms with van der Waals surface area (Å²) in [6.07, 6.45) is -2.77. The molecule has 8 heteroatoms. The summed E-state index contributed by atoms with van der Waals surface area (Å²) in [6.45, 7) is 5.23. The van der Waals surface area contributed by atoms with Crippen LogP contribution in [0.1, 0.15) is 24.0 Å². The number of alkyl halides is 3. The third-order valence-electron chi connectivity index (χ3n) is 7.05. The van der Waals surface area contributed by atoms with Crippen molar-refractivity contribution in [2.45, 2.75) is 31.7 Å². The van der Waals surface area contributed by atoms with Crippen LogP contribution in [0, 0.1) is 5.41 Å². The number of likely N-dealkylation sites (tertiary alicyclic amines) is 1. The number of ether oxygens (including phenoxy) is 1. The lowest BCUT2D eigenvalue weighted by molar-refractivity contribution is -0.137. The zero-order chi connectivity index (χ0) is 23.1. The monoisotopic (exact) mass is 459 g/mol. The highest BCUT2D eigenvalue weighted by atomic mass is 19.4. The number of hydrogen-bond donors (Lipinski definition) is 0. The number of anilines is 1. The molecular formula is C25H28F3N3O2. The minimum absolute atomic E-state index is 0.00989. The lowest BCUT2D eigenvalue weighted by atomic mass is 9.61. The Morgan fingerprint density at radius 2 is 1.58 bits per heavy atom. The molecule has 2 heterocycles. The first kappa shape index (κ1) is 22.1. The SMILES string of the molecule is O=C(OC1CC2(C1)CN(Cc1ccccc1)C2)N1CCN(c2ccc(C(F)(F)F)cc2)CC1. The Bertz CT molecular complexity index is 959. The number of amides is 1. The van der Waals surface area contributed by atoms with Crippen LogP contribution in [-0.4, -0.2) is 61.3 Å². The van der Waals surface area contributed by atoms with Crippen molar-refractivity contribution in [3.05, 3.63) is 65.7 Å². The third-order valence-corrected chi connectivity index (χ3v) is 7.05. The summed E-state index contributed by atoms with van der Waals surface area (Å²) in [5, 5.41) is 0. The fraction of sp³-hybridized carbons (Fsp3) is 0.480. The topological polar surface area (TPSA) is 36.0 Å². The molecule has 0 aromatic heterocycles. The fourth-order valence-electron chi connectivity index (χ4n) is 5.33. The van der Waals surface area contributed by atoms with Gasteiger partial charge in [-0.3, -0.25) is 4.90 Å². The van der Waals surface area contributed by atoms with Crippen LogP contribution in [0.2, 0.25) is 0 Å². The molecule has 176 valence electrons. The molecule has 1 spiro atoms. The van der Waals surface area contributed by atoms with E-state index >= 15 is 0 Å². The summed E-state index contributed by atoms with van der Waals surface area (Å²) in [4.78, 5) is 18.7. The van der Waals surface area contributed by atoms with E-state index in [0.29, 0.717) is 31.6 Å². The highest BCUT2D eigenvalue weighted by Gasteiger charge is 2.53. The molecule has 2 saturated heterocycles. The molecule has 33 heavy (non-hydrogen) atoms. The van der Waals surface area contributed by atoms with E-state index in [9.17, 15) is 18.0 Å². The molecule has 5 nitrogen and oxygen atoms in total. The van der Waals surface area contributed by atoms with Crippen LogP contribution in [-0.2, 0) is 17.5 Å². The normalized spacial score (nSPS) is 20.9. The number of carbonyl (C=O) groups excluding carboxylic acids is 1. The van der Waals surface area contributed by atoms with E-state index in [1.165, 1.54) is 17.7 Å². The number of rotatable bonds is 4. The van der Waals surface area contributed by atoms with Crippen LogP contribution in [0.4, 0.5) is 23.7 Å². The average molecular weight is 460 g/mol. The number of hydrogen-bond acceptors (Lipinski definition) is 4. The predicted molar refractivity (Wildman–Crippen MR) is 119 cm³/mol. The lowest BCUT2D eigenvalue weighted by Crippen LogP contribution is -2.64. The molecule has 0 atom stereocenters. The summed E-state index contributed by atoms with van der Waals surface area (Å²) in [5.74, 6) is 0. The van der Waals surface area contributed by atoms with Crippen molar-refractivity contribution in [2.75, 3.05) is 44.2 Å². The molecule has 2 aromatic carbocycles. The quantitative estimate of drug-likeness (QED) is 0.668. The van der Waals surface area contributed by atoms with Gasteiger partial charge in [-0.25, -0.2) is 4.79 Å². The second-order valence-electron chi connectivity index (χ2n) is 9.56. The zero-order valence-electron chi connectivity index (χ0n) is 18.4. The minimum atomic E-state index is -4.33. The van der Waals surface area contributed by atoms with E-state index in [4.69, 9.17) is 4.74 Å². The van der Waals surface area contributed by atoms with Crippen LogP contribution in [0.3, 0.4) is 0 Å². The average Bonchev–Trinajstić information content (AvgIpc) is 2.76. The van der Waals surface area contributed by atoms with E-state index in [-0.39, 0.29) is 12.2 Å². The van der Waals surface area contributed by atoms with Crippen LogP contribution in [0.5, 0.6) is 0 Å². The van der Waals surface area contributed by atoms with Crippen molar-refractivity contribution in [2.24, 2.45) is 5.41 Å². The van der Waals surface area contributed by atoms with Crippen molar-refractivity contribution in [1.29, 1.82) is 0 Å². The summed E-state index contributed by atoms with van der Waals surface area (Å²) >= 11 is 0. The number of halogens is 3. The van der Waals surface area contributed by atoms with Gasteiger partial charge in [-0.15, -0.1) is 0 Å². The molecule has 2 aromatic rings. The highest BCUT2D eigenvalue weighted by molar-refractivity contribution is 5.68. The minimum Gasteiger partial charge on any atom is -0.446 e. The predicted octanol–water partition coefficient (Wildman–Crippen LogP) is 4.63. The first-order chi connectivity index (χ1) is 15.8. The van der Waals surface area contributed by atoms with Crippen molar-refractivity contribution >= 4 is 11.8 Å². The van der Waals surface area contributed by atoms with E-state index in [0.717, 1.165) is 50.3 Å². The Balaban J connectivity index is 1.03. The third kappa shape index (κ3) is 4.81. The summed E-state index contributed by atoms with van der Waals surface area (Å²) in [6, 6.07) is 15.6. The number of carbonyl (C=O) groups is 1. The summed E-state index contributed by atoms with van der Waals surface area (Å²) in [5.41, 5.74) is 1.72. The van der Waals surface area contributed by atoms with Gasteiger partial charge in [0.15, 0.2) is 0 Å². The Kier molecular flexibility index (Phi) is 5.72. The van der Waals surface area contributed by atoms with E-state index in [1.807, 2.05) is 11.0 Å². The van der Waals surface area contributed by atoms with Gasteiger partial charge in [-0.1, -0.05) is 30.3 Å². The molecule has 1 saturated carbocycles. The number of nitrogens with zero attached hydrogens (tertiary/aromatic N) is 3. The maximum absolute atomic E-state index is 12.7. The molecule has 3 fully saturated rings. The fourth-order valence-corrected chi connectivity index (χ4v) is 5.33. The van der Waals surface area contributed by atoms with Crippen LogP contribution >= 0.6 is 0 Å². The van der Waals surface area contributed by atoms with Crippen molar-refractivity contribution < 1.29 is 22.7 Å². The van der Waals surface area contributed by atoms with Gasteiger partial charge in [0.2, 0.25) is 0 Å². The summed E-state index contributed by atoms with van der Waals surface area (Å²) in [7, 11) is 0. The van der Waals surface area contributed by atoms with Gasteiger partial charge < -0.3 is 14.5 Å². The summed E-state index contributed by atoms with van der Waals surface area (Å²) < 4.78 is 44.0. The van der Waals surface area contributed by atoms with Crippen molar-refractivity contribution in [3.8, 4) is 0 Å². The Hall–Kier alpha value is -2.74. The molecular weight excluding hydrogens is 431 g/mol. The van der Waals surface area contributed by atoms with E-state index < -0.39 is 11.7 Å². The zero-order valence-corrected chi connectivity index (χ0v) is 18.4. The maximum Gasteiger partial charge on any atom is 0.416 e. The first-order valence-corrected chi connectivity index (χ1v) is 11.4. The standard InChI is InChI=1S/C25H28F3N3O2/c26-25(27,28)20-6-8-21(9-7-20)30-10-12-31(13-11-30)23(32)33-22-14-24(15-22)17-29(18-24)16-19-4-2-1-3-5-19/h1-9,22H,10-18H2. The molecule has 0 bridgehead atoms. The molecule has 1 aliphatic carbocycles. The largest absolute Gasteiger partial charge is 0.446 e. The van der Waals surface area contributed by atoms with Gasteiger partial charge in [-0.05, 0) is 42.7 Å². The second kappa shape index (κ2) is 8.56. The molecule has 0 radical (unpaired) electrons. The van der Waals surface area contributed by atoms with Gasteiger partial charge in [0.25, 0.3) is 0 Å². The molecule has 5 rings (SSSR count). The van der Waals surface area contributed by atoms with Crippen molar-refractivity contribution in [1.82, 2.24) is 9.80 Å².